The van der Waals surface area contributed by atoms with E-state index in [0.29, 0.717) is 5.69 Å². The standard InChI is InChI=1S/C14H15NO4/c1-14(2,18-3)10-6-4-5-9(7-10)11-8-12(13(16)17)19-15-11/h4-8H,1-3H3,(H,16,17). The minimum atomic E-state index is -1.13. The number of hydrogen-bond donors (Lipinski definition) is 1. The first-order valence-corrected chi connectivity index (χ1v) is 5.80. The minimum absolute atomic E-state index is 0.175. The molecule has 0 fully saturated rings. The summed E-state index contributed by atoms with van der Waals surface area (Å²) in [5.41, 5.74) is 1.84. The molecule has 0 atom stereocenters. The Bertz CT molecular complexity index is 601. The maximum absolute atomic E-state index is 10.8. The second-order valence-corrected chi connectivity index (χ2v) is 4.68. The van der Waals surface area contributed by atoms with Crippen LogP contribution in [0.25, 0.3) is 11.3 Å². The molecule has 0 unspecified atom stereocenters. The first-order chi connectivity index (χ1) is 8.94. The Balaban J connectivity index is 2.40. The van der Waals surface area contributed by atoms with Crippen molar-refractivity contribution in [3.63, 3.8) is 0 Å². The van der Waals surface area contributed by atoms with Gasteiger partial charge < -0.3 is 14.4 Å². The van der Waals surface area contributed by atoms with Crippen LogP contribution in [0.1, 0.15) is 30.0 Å². The van der Waals surface area contributed by atoms with Gasteiger partial charge in [0.1, 0.15) is 5.69 Å². The van der Waals surface area contributed by atoms with Crippen LogP contribution in [0.3, 0.4) is 0 Å². The lowest BCUT2D eigenvalue weighted by molar-refractivity contribution is 0.0192. The smallest absolute Gasteiger partial charge is 0.374 e. The fourth-order valence-electron chi connectivity index (χ4n) is 1.68. The molecule has 0 aliphatic heterocycles. The fraction of sp³-hybridized carbons (Fsp3) is 0.286. The quantitative estimate of drug-likeness (QED) is 0.916. The molecular formula is C14H15NO4. The second-order valence-electron chi connectivity index (χ2n) is 4.68. The number of carbonyl (C=O) groups is 1. The summed E-state index contributed by atoms with van der Waals surface area (Å²) in [6, 6.07) is 8.98. The van der Waals surface area contributed by atoms with Gasteiger partial charge in [-0.3, -0.25) is 0 Å². The molecule has 0 aliphatic rings. The number of nitrogens with zero attached hydrogens (tertiary/aromatic N) is 1. The van der Waals surface area contributed by atoms with E-state index in [4.69, 9.17) is 14.4 Å². The predicted octanol–water partition coefficient (Wildman–Crippen LogP) is 2.92. The average Bonchev–Trinajstić information content (AvgIpc) is 2.89. The van der Waals surface area contributed by atoms with Crippen LogP contribution < -0.4 is 0 Å². The van der Waals surface area contributed by atoms with Crippen molar-refractivity contribution in [2.75, 3.05) is 7.11 Å². The fourth-order valence-corrected chi connectivity index (χ4v) is 1.68. The van der Waals surface area contributed by atoms with Crippen LogP contribution >= 0.6 is 0 Å². The SMILES string of the molecule is COC(C)(C)c1cccc(-c2cc(C(=O)O)on2)c1. The second kappa shape index (κ2) is 4.85. The molecule has 2 aromatic rings. The van der Waals surface area contributed by atoms with E-state index in [1.54, 1.807) is 7.11 Å². The van der Waals surface area contributed by atoms with E-state index in [2.05, 4.69) is 5.16 Å². The molecule has 5 heteroatoms. The Morgan fingerprint density at radius 2 is 2.11 bits per heavy atom. The summed E-state index contributed by atoms with van der Waals surface area (Å²) in [4.78, 5) is 10.8. The lowest BCUT2D eigenvalue weighted by Gasteiger charge is -2.23. The molecule has 5 nitrogen and oxygen atoms in total. The summed E-state index contributed by atoms with van der Waals surface area (Å²) in [5, 5.41) is 12.6. The van der Waals surface area contributed by atoms with Gasteiger partial charge in [0.15, 0.2) is 0 Å². The summed E-state index contributed by atoms with van der Waals surface area (Å²) >= 11 is 0. The highest BCUT2D eigenvalue weighted by molar-refractivity contribution is 5.85. The van der Waals surface area contributed by atoms with Crippen LogP contribution in [0.15, 0.2) is 34.9 Å². The van der Waals surface area contributed by atoms with Gasteiger partial charge in [0.2, 0.25) is 5.76 Å². The lowest BCUT2D eigenvalue weighted by atomic mass is 9.95. The number of rotatable bonds is 4. The normalized spacial score (nSPS) is 11.5. The minimum Gasteiger partial charge on any atom is -0.475 e. The van der Waals surface area contributed by atoms with E-state index in [1.807, 2.05) is 38.1 Å². The summed E-state index contributed by atoms with van der Waals surface area (Å²) in [6.45, 7) is 3.91. The molecule has 1 aromatic carbocycles. The van der Waals surface area contributed by atoms with Crippen molar-refractivity contribution in [2.45, 2.75) is 19.4 Å². The predicted molar refractivity (Wildman–Crippen MR) is 68.9 cm³/mol. The number of hydrogen-bond acceptors (Lipinski definition) is 4. The van der Waals surface area contributed by atoms with Crippen molar-refractivity contribution < 1.29 is 19.2 Å². The summed E-state index contributed by atoms with van der Waals surface area (Å²) in [6.07, 6.45) is 0. The van der Waals surface area contributed by atoms with Crippen molar-refractivity contribution in [2.24, 2.45) is 0 Å². The van der Waals surface area contributed by atoms with Gasteiger partial charge in [-0.2, -0.15) is 0 Å². The maximum atomic E-state index is 10.8. The molecule has 19 heavy (non-hydrogen) atoms. The third-order valence-electron chi connectivity index (χ3n) is 3.08. The van der Waals surface area contributed by atoms with E-state index in [-0.39, 0.29) is 5.76 Å². The molecule has 1 heterocycles. The van der Waals surface area contributed by atoms with E-state index in [1.165, 1.54) is 6.07 Å². The number of aromatic nitrogens is 1. The highest BCUT2D eigenvalue weighted by Crippen LogP contribution is 2.28. The van der Waals surface area contributed by atoms with Crippen LogP contribution in [0.5, 0.6) is 0 Å². The molecule has 100 valence electrons. The molecule has 1 aromatic heterocycles. The molecule has 0 aliphatic carbocycles. The molecule has 0 spiro atoms. The van der Waals surface area contributed by atoms with Gasteiger partial charge >= 0.3 is 5.97 Å². The van der Waals surface area contributed by atoms with Crippen LogP contribution in [-0.2, 0) is 10.3 Å². The molecule has 0 radical (unpaired) electrons. The first-order valence-electron chi connectivity index (χ1n) is 5.80. The van der Waals surface area contributed by atoms with Gasteiger partial charge in [-0.05, 0) is 25.5 Å². The van der Waals surface area contributed by atoms with E-state index < -0.39 is 11.6 Å². The van der Waals surface area contributed by atoms with Crippen molar-refractivity contribution >= 4 is 5.97 Å². The van der Waals surface area contributed by atoms with Crippen molar-refractivity contribution in [3.8, 4) is 11.3 Å². The Labute approximate surface area is 110 Å². The largest absolute Gasteiger partial charge is 0.475 e. The van der Waals surface area contributed by atoms with Gasteiger partial charge in [0.05, 0.1) is 5.60 Å². The molecule has 1 N–H and O–H groups in total. The van der Waals surface area contributed by atoms with Crippen LogP contribution in [-0.4, -0.2) is 23.3 Å². The number of ether oxygens (including phenoxy) is 1. The number of methoxy groups -OCH3 is 1. The summed E-state index contributed by atoms with van der Waals surface area (Å²) < 4.78 is 10.2. The average molecular weight is 261 g/mol. The molecule has 2 rings (SSSR count). The van der Waals surface area contributed by atoms with Crippen LogP contribution in [0, 0.1) is 0 Å². The monoisotopic (exact) mass is 261 g/mol. The van der Waals surface area contributed by atoms with Gasteiger partial charge in [-0.1, -0.05) is 23.4 Å². The van der Waals surface area contributed by atoms with E-state index >= 15 is 0 Å². The van der Waals surface area contributed by atoms with Gasteiger partial charge in [0.25, 0.3) is 0 Å². The summed E-state index contributed by atoms with van der Waals surface area (Å²) in [5.74, 6) is -1.31. The Morgan fingerprint density at radius 1 is 1.37 bits per heavy atom. The van der Waals surface area contributed by atoms with Crippen molar-refractivity contribution in [1.82, 2.24) is 5.16 Å². The summed E-state index contributed by atoms with van der Waals surface area (Å²) in [7, 11) is 1.64. The Kier molecular flexibility index (Phi) is 3.40. The highest BCUT2D eigenvalue weighted by Gasteiger charge is 2.20. The zero-order valence-electron chi connectivity index (χ0n) is 11.0. The third kappa shape index (κ3) is 2.66. The number of benzene rings is 1. The third-order valence-corrected chi connectivity index (χ3v) is 3.08. The Hall–Kier alpha value is -2.14. The van der Waals surface area contributed by atoms with Gasteiger partial charge in [-0.15, -0.1) is 0 Å². The van der Waals surface area contributed by atoms with Crippen molar-refractivity contribution in [1.29, 1.82) is 0 Å². The highest BCUT2D eigenvalue weighted by atomic mass is 16.5. The lowest BCUT2D eigenvalue weighted by Crippen LogP contribution is -2.19. The van der Waals surface area contributed by atoms with Gasteiger partial charge in [0, 0.05) is 18.7 Å². The number of carboxylic acid groups (broad SMARTS) is 1. The molecule has 0 amide bonds. The molecule has 0 saturated heterocycles. The zero-order chi connectivity index (χ0) is 14.0. The zero-order valence-corrected chi connectivity index (χ0v) is 11.0. The topological polar surface area (TPSA) is 72.6 Å². The molecule has 0 bridgehead atoms. The number of aromatic carboxylic acids is 1. The van der Waals surface area contributed by atoms with E-state index in [9.17, 15) is 4.79 Å². The Morgan fingerprint density at radius 3 is 2.68 bits per heavy atom. The number of carboxylic acids is 1. The maximum Gasteiger partial charge on any atom is 0.374 e. The van der Waals surface area contributed by atoms with Crippen molar-refractivity contribution in [3.05, 3.63) is 41.7 Å². The van der Waals surface area contributed by atoms with Crippen LogP contribution in [0.4, 0.5) is 0 Å². The van der Waals surface area contributed by atoms with E-state index in [0.717, 1.165) is 11.1 Å². The first kappa shape index (κ1) is 13.3. The molecule has 0 saturated carbocycles. The molecular weight excluding hydrogens is 246 g/mol. The van der Waals surface area contributed by atoms with Gasteiger partial charge in [-0.25, -0.2) is 4.79 Å². The van der Waals surface area contributed by atoms with Crippen LogP contribution in [0.2, 0.25) is 0 Å².